The molecule has 4 atom stereocenters. The van der Waals surface area contributed by atoms with E-state index < -0.39 is 6.10 Å². The highest BCUT2D eigenvalue weighted by Gasteiger charge is 2.46. The van der Waals surface area contributed by atoms with Gasteiger partial charge in [-0.05, 0) is 38.7 Å². The fourth-order valence-electron chi connectivity index (χ4n) is 3.72. The van der Waals surface area contributed by atoms with E-state index in [1.807, 2.05) is 26.2 Å². The predicted molar refractivity (Wildman–Crippen MR) is 97.8 cm³/mol. The molecule has 0 bridgehead atoms. The van der Waals surface area contributed by atoms with Crippen molar-refractivity contribution < 1.29 is 28.9 Å². The first kappa shape index (κ1) is 19.6. The molecule has 8 nitrogen and oxygen atoms in total. The lowest BCUT2D eigenvalue weighted by Gasteiger charge is -2.36. The van der Waals surface area contributed by atoms with Gasteiger partial charge in [0.1, 0.15) is 18.0 Å². The Morgan fingerprint density at radius 2 is 2.15 bits per heavy atom. The van der Waals surface area contributed by atoms with Gasteiger partial charge in [0, 0.05) is 17.2 Å². The summed E-state index contributed by atoms with van der Waals surface area (Å²) >= 11 is 0. The standard InChI is InChI=1S/C19H26N2O6/c1-21(2)9-17(23)20-11-4-5-15-13(6-11)14-7-12(8-18(24)25-3)26-16(10-22)19(14)27-15/h4-6,12,14,16,19,22H,7-10H2,1-3H3,(H,20,23)/t12-,14-,16-,19+/m0/s1. The van der Waals surface area contributed by atoms with Crippen LogP contribution in [-0.2, 0) is 19.1 Å². The number of rotatable bonds is 6. The first-order valence-electron chi connectivity index (χ1n) is 8.99. The van der Waals surface area contributed by atoms with Gasteiger partial charge >= 0.3 is 5.97 Å². The molecular formula is C19H26N2O6. The van der Waals surface area contributed by atoms with Crippen molar-refractivity contribution in [3.63, 3.8) is 0 Å². The lowest BCUT2D eigenvalue weighted by Crippen LogP contribution is -2.46. The van der Waals surface area contributed by atoms with Crippen LogP contribution in [0, 0.1) is 0 Å². The minimum Gasteiger partial charge on any atom is -0.487 e. The van der Waals surface area contributed by atoms with Crippen LogP contribution in [0.2, 0.25) is 0 Å². The molecule has 0 saturated carbocycles. The summed E-state index contributed by atoms with van der Waals surface area (Å²) in [4.78, 5) is 25.4. The zero-order chi connectivity index (χ0) is 19.6. The number of amides is 1. The number of anilines is 1. The molecule has 1 aromatic rings. The summed E-state index contributed by atoms with van der Waals surface area (Å²) in [5.41, 5.74) is 1.65. The van der Waals surface area contributed by atoms with Crippen molar-refractivity contribution in [3.05, 3.63) is 23.8 Å². The third-order valence-corrected chi connectivity index (χ3v) is 4.86. The average molecular weight is 378 g/mol. The summed E-state index contributed by atoms with van der Waals surface area (Å²) in [7, 11) is 5.01. The minimum atomic E-state index is -0.516. The zero-order valence-electron chi connectivity index (χ0n) is 15.8. The third-order valence-electron chi connectivity index (χ3n) is 4.86. The van der Waals surface area contributed by atoms with Crippen LogP contribution < -0.4 is 10.1 Å². The maximum absolute atomic E-state index is 12.0. The van der Waals surface area contributed by atoms with Gasteiger partial charge in [-0.3, -0.25) is 9.59 Å². The lowest BCUT2D eigenvalue weighted by atomic mass is 9.84. The molecule has 1 saturated heterocycles. The number of carbonyl (C=O) groups is 2. The van der Waals surface area contributed by atoms with E-state index in [2.05, 4.69) is 5.32 Å². The largest absolute Gasteiger partial charge is 0.487 e. The number of carbonyl (C=O) groups excluding carboxylic acids is 2. The van der Waals surface area contributed by atoms with Gasteiger partial charge in [-0.2, -0.15) is 0 Å². The molecule has 2 N–H and O–H groups in total. The Kier molecular flexibility index (Phi) is 5.98. The van der Waals surface area contributed by atoms with Crippen molar-refractivity contribution in [2.24, 2.45) is 0 Å². The van der Waals surface area contributed by atoms with E-state index >= 15 is 0 Å². The molecule has 0 spiro atoms. The van der Waals surface area contributed by atoms with Crippen LogP contribution in [-0.4, -0.2) is 74.6 Å². The summed E-state index contributed by atoms with van der Waals surface area (Å²) in [5.74, 6) is 0.251. The van der Waals surface area contributed by atoms with Crippen molar-refractivity contribution in [2.75, 3.05) is 39.7 Å². The Labute approximate surface area is 158 Å². The van der Waals surface area contributed by atoms with Crippen molar-refractivity contribution in [1.29, 1.82) is 0 Å². The fraction of sp³-hybridized carbons (Fsp3) is 0.579. The number of hydrogen-bond donors (Lipinski definition) is 2. The number of nitrogens with one attached hydrogen (secondary N) is 1. The number of fused-ring (bicyclic) bond motifs is 3. The molecule has 3 rings (SSSR count). The van der Waals surface area contributed by atoms with Gasteiger partial charge in [0.25, 0.3) is 0 Å². The molecule has 0 radical (unpaired) electrons. The molecule has 0 aromatic heterocycles. The molecular weight excluding hydrogens is 352 g/mol. The van der Waals surface area contributed by atoms with Gasteiger partial charge in [0.05, 0.1) is 32.8 Å². The summed E-state index contributed by atoms with van der Waals surface area (Å²) in [6, 6.07) is 5.52. The molecule has 1 aromatic carbocycles. The molecule has 0 aliphatic carbocycles. The molecule has 0 unspecified atom stereocenters. The number of esters is 1. The van der Waals surface area contributed by atoms with Crippen LogP contribution in [0.4, 0.5) is 5.69 Å². The smallest absolute Gasteiger partial charge is 0.308 e. The number of ether oxygens (including phenoxy) is 3. The first-order chi connectivity index (χ1) is 12.9. The second kappa shape index (κ2) is 8.24. The Balaban J connectivity index is 1.78. The predicted octanol–water partition coefficient (Wildman–Crippen LogP) is 0.744. The van der Waals surface area contributed by atoms with Crippen LogP contribution in [0.25, 0.3) is 0 Å². The van der Waals surface area contributed by atoms with Crippen LogP contribution in [0.15, 0.2) is 18.2 Å². The molecule has 148 valence electrons. The molecule has 2 aliphatic rings. The van der Waals surface area contributed by atoms with Gasteiger partial charge in [0.15, 0.2) is 0 Å². The van der Waals surface area contributed by atoms with Gasteiger partial charge < -0.3 is 29.5 Å². The van der Waals surface area contributed by atoms with Gasteiger partial charge in [-0.1, -0.05) is 0 Å². The van der Waals surface area contributed by atoms with Gasteiger partial charge in [-0.25, -0.2) is 0 Å². The van der Waals surface area contributed by atoms with Gasteiger partial charge in [0.2, 0.25) is 5.91 Å². The van der Waals surface area contributed by atoms with E-state index in [1.54, 1.807) is 11.0 Å². The Hall–Kier alpha value is -2.16. The first-order valence-corrected chi connectivity index (χ1v) is 8.99. The van der Waals surface area contributed by atoms with E-state index in [9.17, 15) is 14.7 Å². The summed E-state index contributed by atoms with van der Waals surface area (Å²) < 4.78 is 16.6. The Morgan fingerprint density at radius 3 is 2.81 bits per heavy atom. The highest BCUT2D eigenvalue weighted by molar-refractivity contribution is 5.92. The van der Waals surface area contributed by atoms with Crippen molar-refractivity contribution in [1.82, 2.24) is 4.90 Å². The molecule has 2 heterocycles. The van der Waals surface area contributed by atoms with Crippen molar-refractivity contribution >= 4 is 17.6 Å². The average Bonchev–Trinajstić information content (AvgIpc) is 2.98. The number of aliphatic hydroxyl groups is 1. The number of aliphatic hydroxyl groups excluding tert-OH is 1. The summed E-state index contributed by atoms with van der Waals surface area (Å²) in [6.07, 6.45) is -0.468. The number of likely N-dealkylation sites (N-methyl/N-ethyl adjacent to an activating group) is 1. The number of hydrogen-bond acceptors (Lipinski definition) is 7. The SMILES string of the molecule is COC(=O)C[C@@H]1C[C@H]2c3cc(NC(=O)CN(C)C)ccc3O[C@H]2[C@H](CO)O1. The summed E-state index contributed by atoms with van der Waals surface area (Å²) in [5, 5.41) is 12.6. The van der Waals surface area contributed by atoms with Crippen LogP contribution in [0.5, 0.6) is 5.75 Å². The van der Waals surface area contributed by atoms with Crippen LogP contribution in [0.1, 0.15) is 24.3 Å². The second-order valence-electron chi connectivity index (χ2n) is 7.22. The topological polar surface area (TPSA) is 97.3 Å². The highest BCUT2D eigenvalue weighted by Crippen LogP contribution is 2.47. The number of nitrogens with zero attached hydrogens (tertiary/aromatic N) is 1. The molecule has 27 heavy (non-hydrogen) atoms. The zero-order valence-corrected chi connectivity index (χ0v) is 15.8. The van der Waals surface area contributed by atoms with Crippen LogP contribution >= 0.6 is 0 Å². The van der Waals surface area contributed by atoms with Crippen molar-refractivity contribution in [2.45, 2.75) is 37.1 Å². The normalized spacial score (nSPS) is 26.1. The molecule has 1 amide bonds. The Bertz CT molecular complexity index is 707. The maximum atomic E-state index is 12.0. The monoisotopic (exact) mass is 378 g/mol. The number of benzene rings is 1. The molecule has 2 aliphatic heterocycles. The highest BCUT2D eigenvalue weighted by atomic mass is 16.6. The van der Waals surface area contributed by atoms with Crippen molar-refractivity contribution in [3.8, 4) is 5.75 Å². The van der Waals surface area contributed by atoms with E-state index in [1.165, 1.54) is 7.11 Å². The minimum absolute atomic E-state index is 0.0220. The van der Waals surface area contributed by atoms with E-state index in [0.29, 0.717) is 18.7 Å². The molecule has 1 fully saturated rings. The van der Waals surface area contributed by atoms with E-state index in [-0.39, 0.29) is 43.0 Å². The maximum Gasteiger partial charge on any atom is 0.308 e. The summed E-state index contributed by atoms with van der Waals surface area (Å²) in [6.45, 7) is 0.0977. The van der Waals surface area contributed by atoms with Gasteiger partial charge in [-0.15, -0.1) is 0 Å². The Morgan fingerprint density at radius 1 is 1.37 bits per heavy atom. The lowest BCUT2D eigenvalue weighted by molar-refractivity contribution is -0.156. The van der Waals surface area contributed by atoms with Crippen LogP contribution in [0.3, 0.4) is 0 Å². The number of methoxy groups -OCH3 is 1. The second-order valence-corrected chi connectivity index (χ2v) is 7.22. The quantitative estimate of drug-likeness (QED) is 0.705. The third kappa shape index (κ3) is 4.40. The molecule has 8 heteroatoms. The fourth-order valence-corrected chi connectivity index (χ4v) is 3.72. The van der Waals surface area contributed by atoms with E-state index in [0.717, 1.165) is 11.3 Å². The van der Waals surface area contributed by atoms with E-state index in [4.69, 9.17) is 14.2 Å².